The van der Waals surface area contributed by atoms with Gasteiger partial charge in [-0.25, -0.2) is 4.39 Å². The minimum absolute atomic E-state index is 0.205. The van der Waals surface area contributed by atoms with Crippen molar-refractivity contribution in [3.63, 3.8) is 0 Å². The van der Waals surface area contributed by atoms with Gasteiger partial charge in [-0.3, -0.25) is 0 Å². The summed E-state index contributed by atoms with van der Waals surface area (Å²) in [5, 5.41) is 3.37. The van der Waals surface area contributed by atoms with E-state index in [2.05, 4.69) is 12.2 Å². The molecule has 3 heteroatoms. The van der Waals surface area contributed by atoms with Crippen molar-refractivity contribution in [3.8, 4) is 5.75 Å². The quantitative estimate of drug-likeness (QED) is 0.832. The number of piperidine rings is 1. The molecule has 1 aliphatic heterocycles. The van der Waals surface area contributed by atoms with E-state index in [1.165, 1.54) is 12.1 Å². The number of hydrogen-bond donors (Lipinski definition) is 1. The van der Waals surface area contributed by atoms with Gasteiger partial charge in [0.15, 0.2) is 0 Å². The normalized spacial score (nSPS) is 25.4. The maximum Gasteiger partial charge on any atom is 0.126 e. The lowest BCUT2D eigenvalue weighted by Gasteiger charge is -2.29. The van der Waals surface area contributed by atoms with Crippen LogP contribution in [0.3, 0.4) is 0 Å². The van der Waals surface area contributed by atoms with Crippen molar-refractivity contribution >= 4 is 0 Å². The molecule has 0 amide bonds. The molecule has 1 aromatic carbocycles. The van der Waals surface area contributed by atoms with E-state index in [4.69, 9.17) is 4.74 Å². The van der Waals surface area contributed by atoms with E-state index in [-0.39, 0.29) is 11.9 Å². The van der Waals surface area contributed by atoms with Crippen LogP contribution in [-0.2, 0) is 0 Å². The van der Waals surface area contributed by atoms with E-state index in [1.54, 1.807) is 6.07 Å². The van der Waals surface area contributed by atoms with Crippen LogP contribution < -0.4 is 10.1 Å². The summed E-state index contributed by atoms with van der Waals surface area (Å²) in [6, 6.07) is 5.18. The summed E-state index contributed by atoms with van der Waals surface area (Å²) >= 11 is 0. The largest absolute Gasteiger partial charge is 0.490 e. The standard InChI is InChI=1S/C13H18FNO/c1-9-3-4-11(14)8-13(9)16-12-5-6-15-10(2)7-12/h3-4,8,10,12,15H,5-7H2,1-2H3. The topological polar surface area (TPSA) is 21.3 Å². The summed E-state index contributed by atoms with van der Waals surface area (Å²) in [4.78, 5) is 0. The molecular weight excluding hydrogens is 205 g/mol. The molecule has 2 nitrogen and oxygen atoms in total. The van der Waals surface area contributed by atoms with Gasteiger partial charge in [0, 0.05) is 12.1 Å². The van der Waals surface area contributed by atoms with Crippen LogP contribution in [0, 0.1) is 12.7 Å². The van der Waals surface area contributed by atoms with Crippen LogP contribution in [0.2, 0.25) is 0 Å². The first-order chi connectivity index (χ1) is 7.65. The first kappa shape index (κ1) is 11.4. The molecule has 2 rings (SSSR count). The molecule has 88 valence electrons. The Balaban J connectivity index is 2.05. The van der Waals surface area contributed by atoms with Gasteiger partial charge in [0.2, 0.25) is 0 Å². The SMILES string of the molecule is Cc1ccc(F)cc1OC1CCNC(C)C1. The van der Waals surface area contributed by atoms with E-state index in [1.807, 2.05) is 6.92 Å². The second kappa shape index (κ2) is 4.83. The van der Waals surface area contributed by atoms with Gasteiger partial charge >= 0.3 is 0 Å². The lowest BCUT2D eigenvalue weighted by Crippen LogP contribution is -2.40. The van der Waals surface area contributed by atoms with E-state index in [9.17, 15) is 4.39 Å². The first-order valence-corrected chi connectivity index (χ1v) is 5.81. The van der Waals surface area contributed by atoms with Gasteiger partial charge in [-0.05, 0) is 44.9 Å². The molecule has 0 aromatic heterocycles. The highest BCUT2D eigenvalue weighted by molar-refractivity contribution is 5.32. The number of rotatable bonds is 2. The maximum absolute atomic E-state index is 13.1. The summed E-state index contributed by atoms with van der Waals surface area (Å²) in [5.74, 6) is 0.446. The Morgan fingerprint density at radius 3 is 3.00 bits per heavy atom. The van der Waals surface area contributed by atoms with Gasteiger partial charge in [-0.1, -0.05) is 6.07 Å². The predicted molar refractivity (Wildman–Crippen MR) is 62.3 cm³/mol. The van der Waals surface area contributed by atoms with Crippen LogP contribution in [0.5, 0.6) is 5.75 Å². The third-order valence-electron chi connectivity index (χ3n) is 3.02. The Hall–Kier alpha value is -1.09. The zero-order chi connectivity index (χ0) is 11.5. The van der Waals surface area contributed by atoms with Crippen molar-refractivity contribution in [1.29, 1.82) is 0 Å². The third kappa shape index (κ3) is 2.73. The smallest absolute Gasteiger partial charge is 0.126 e. The molecule has 1 fully saturated rings. The Kier molecular flexibility index (Phi) is 3.44. The lowest BCUT2D eigenvalue weighted by atomic mass is 10.0. The maximum atomic E-state index is 13.1. The Labute approximate surface area is 95.8 Å². The first-order valence-electron chi connectivity index (χ1n) is 5.81. The van der Waals surface area contributed by atoms with Gasteiger partial charge < -0.3 is 10.1 Å². The van der Waals surface area contributed by atoms with Gasteiger partial charge in [-0.15, -0.1) is 0 Å². The highest BCUT2D eigenvalue weighted by Gasteiger charge is 2.20. The van der Waals surface area contributed by atoms with Gasteiger partial charge in [0.1, 0.15) is 17.7 Å². The fraction of sp³-hybridized carbons (Fsp3) is 0.538. The Morgan fingerprint density at radius 2 is 2.25 bits per heavy atom. The molecular formula is C13H18FNO. The highest BCUT2D eigenvalue weighted by atomic mass is 19.1. The fourth-order valence-electron chi connectivity index (χ4n) is 2.07. The van der Waals surface area contributed by atoms with Crippen molar-refractivity contribution in [3.05, 3.63) is 29.6 Å². The molecule has 0 bridgehead atoms. The lowest BCUT2D eigenvalue weighted by molar-refractivity contribution is 0.142. The molecule has 1 aliphatic rings. The van der Waals surface area contributed by atoms with Crippen LogP contribution in [-0.4, -0.2) is 18.7 Å². The minimum Gasteiger partial charge on any atom is -0.490 e. The molecule has 1 N–H and O–H groups in total. The highest BCUT2D eigenvalue weighted by Crippen LogP contribution is 2.23. The van der Waals surface area contributed by atoms with Crippen LogP contribution >= 0.6 is 0 Å². The molecule has 16 heavy (non-hydrogen) atoms. The van der Waals surface area contributed by atoms with E-state index in [0.717, 1.165) is 24.9 Å². The second-order valence-corrected chi connectivity index (χ2v) is 4.53. The van der Waals surface area contributed by atoms with Crippen molar-refractivity contribution in [2.75, 3.05) is 6.54 Å². The molecule has 2 atom stereocenters. The van der Waals surface area contributed by atoms with Crippen molar-refractivity contribution < 1.29 is 9.13 Å². The Bertz CT molecular complexity index is 367. The number of hydrogen-bond acceptors (Lipinski definition) is 2. The van der Waals surface area contributed by atoms with Crippen LogP contribution in [0.25, 0.3) is 0 Å². The average molecular weight is 223 g/mol. The Morgan fingerprint density at radius 1 is 1.44 bits per heavy atom. The fourth-order valence-corrected chi connectivity index (χ4v) is 2.07. The molecule has 0 radical (unpaired) electrons. The molecule has 0 saturated carbocycles. The summed E-state index contributed by atoms with van der Waals surface area (Å²) in [6.07, 6.45) is 2.17. The van der Waals surface area contributed by atoms with E-state index < -0.39 is 0 Å². The monoisotopic (exact) mass is 223 g/mol. The second-order valence-electron chi connectivity index (χ2n) is 4.53. The van der Waals surface area contributed by atoms with E-state index >= 15 is 0 Å². The summed E-state index contributed by atoms with van der Waals surface area (Å²) in [6.45, 7) is 5.06. The zero-order valence-corrected chi connectivity index (χ0v) is 9.79. The van der Waals surface area contributed by atoms with Crippen molar-refractivity contribution in [2.24, 2.45) is 0 Å². The minimum atomic E-state index is -0.234. The molecule has 1 aromatic rings. The number of halogens is 1. The summed E-state index contributed by atoms with van der Waals surface area (Å²) < 4.78 is 18.9. The van der Waals surface area contributed by atoms with Crippen LogP contribution in [0.15, 0.2) is 18.2 Å². The summed E-state index contributed by atoms with van der Waals surface area (Å²) in [7, 11) is 0. The van der Waals surface area contributed by atoms with Crippen molar-refractivity contribution in [2.45, 2.75) is 38.8 Å². The molecule has 2 unspecified atom stereocenters. The zero-order valence-electron chi connectivity index (χ0n) is 9.79. The predicted octanol–water partition coefficient (Wildman–Crippen LogP) is 2.65. The molecule has 0 aliphatic carbocycles. The van der Waals surface area contributed by atoms with Gasteiger partial charge in [0.05, 0.1) is 0 Å². The van der Waals surface area contributed by atoms with Crippen LogP contribution in [0.1, 0.15) is 25.3 Å². The third-order valence-corrected chi connectivity index (χ3v) is 3.02. The van der Waals surface area contributed by atoms with Gasteiger partial charge in [-0.2, -0.15) is 0 Å². The van der Waals surface area contributed by atoms with Crippen LogP contribution in [0.4, 0.5) is 4.39 Å². The van der Waals surface area contributed by atoms with E-state index in [0.29, 0.717) is 11.8 Å². The number of aryl methyl sites for hydroxylation is 1. The summed E-state index contributed by atoms with van der Waals surface area (Å²) in [5.41, 5.74) is 0.993. The number of nitrogens with one attached hydrogen (secondary N) is 1. The molecule has 1 heterocycles. The molecule has 1 saturated heterocycles. The number of benzene rings is 1. The average Bonchev–Trinajstić information content (AvgIpc) is 2.24. The number of ether oxygens (including phenoxy) is 1. The van der Waals surface area contributed by atoms with Gasteiger partial charge in [0.25, 0.3) is 0 Å². The molecule has 0 spiro atoms. The van der Waals surface area contributed by atoms with Crippen molar-refractivity contribution in [1.82, 2.24) is 5.32 Å².